The van der Waals surface area contributed by atoms with Crippen molar-refractivity contribution in [1.82, 2.24) is 4.90 Å². The monoisotopic (exact) mass is 116 g/mol. The topological polar surface area (TPSA) is 3.24 Å². The standard InChI is InChI=1S/C5H7ClN/c1-7-3-2-5(6)4-7/h3-4H2,1H3. The normalized spacial score (nSPS) is 22.9. The molecule has 1 heterocycles. The van der Waals surface area contributed by atoms with Crippen LogP contribution in [0.25, 0.3) is 0 Å². The van der Waals surface area contributed by atoms with Gasteiger partial charge in [-0.25, -0.2) is 0 Å². The highest BCUT2D eigenvalue weighted by Crippen LogP contribution is 2.08. The van der Waals surface area contributed by atoms with Crippen LogP contribution in [-0.2, 0) is 0 Å². The summed E-state index contributed by atoms with van der Waals surface area (Å²) in [6, 6.07) is 0. The van der Waals surface area contributed by atoms with Crippen LogP contribution in [-0.4, -0.2) is 25.0 Å². The van der Waals surface area contributed by atoms with Gasteiger partial charge in [-0.1, -0.05) is 11.6 Å². The first-order chi connectivity index (χ1) is 3.29. The highest BCUT2D eigenvalue weighted by atomic mass is 35.5. The lowest BCUT2D eigenvalue weighted by atomic mass is 10.6. The zero-order chi connectivity index (χ0) is 5.28. The van der Waals surface area contributed by atoms with Gasteiger partial charge in [0.1, 0.15) is 0 Å². The molecule has 0 fully saturated rings. The lowest BCUT2D eigenvalue weighted by Crippen LogP contribution is -2.12. The first-order valence-corrected chi connectivity index (χ1v) is 2.60. The number of hydrogen-bond acceptors (Lipinski definition) is 1. The van der Waals surface area contributed by atoms with Gasteiger partial charge < -0.3 is 0 Å². The summed E-state index contributed by atoms with van der Waals surface area (Å²) in [5.41, 5.74) is 0. The van der Waals surface area contributed by atoms with Crippen molar-refractivity contribution in [2.45, 2.75) is 0 Å². The maximum absolute atomic E-state index is 5.57. The average molecular weight is 117 g/mol. The average Bonchev–Trinajstić information content (AvgIpc) is 1.87. The summed E-state index contributed by atoms with van der Waals surface area (Å²) in [5, 5.41) is 0.850. The molecule has 0 aromatic carbocycles. The van der Waals surface area contributed by atoms with Crippen molar-refractivity contribution in [2.75, 3.05) is 20.1 Å². The number of likely N-dealkylation sites (N-methyl/N-ethyl adjacent to an activating group) is 1. The summed E-state index contributed by atoms with van der Waals surface area (Å²) in [6.07, 6.45) is 2.98. The lowest BCUT2D eigenvalue weighted by Gasteiger charge is -2.02. The fraction of sp³-hybridized carbons (Fsp3) is 0.600. The zero-order valence-corrected chi connectivity index (χ0v) is 5.00. The van der Waals surface area contributed by atoms with Crippen molar-refractivity contribution < 1.29 is 0 Å². The number of rotatable bonds is 0. The van der Waals surface area contributed by atoms with E-state index >= 15 is 0 Å². The first-order valence-electron chi connectivity index (χ1n) is 2.23. The highest BCUT2D eigenvalue weighted by Gasteiger charge is 2.05. The number of hydrogen-bond donors (Lipinski definition) is 0. The zero-order valence-electron chi connectivity index (χ0n) is 4.24. The molecule has 0 aliphatic carbocycles. The molecule has 0 bridgehead atoms. The molecule has 39 valence electrons. The Balaban J connectivity index is 2.42. The number of nitrogens with zero attached hydrogens (tertiary/aromatic N) is 1. The van der Waals surface area contributed by atoms with Crippen LogP contribution in [0, 0.1) is 6.08 Å². The Kier molecular flexibility index (Phi) is 1.35. The molecule has 0 saturated carbocycles. The van der Waals surface area contributed by atoms with Gasteiger partial charge in [-0.3, -0.25) is 4.90 Å². The summed E-state index contributed by atoms with van der Waals surface area (Å²) < 4.78 is 0. The van der Waals surface area contributed by atoms with E-state index < -0.39 is 0 Å². The van der Waals surface area contributed by atoms with Crippen molar-refractivity contribution in [2.24, 2.45) is 0 Å². The second kappa shape index (κ2) is 1.85. The third-order valence-corrected chi connectivity index (χ3v) is 1.20. The minimum atomic E-state index is 0.850. The Morgan fingerprint density at radius 2 is 2.57 bits per heavy atom. The quantitative estimate of drug-likeness (QED) is 0.454. The van der Waals surface area contributed by atoms with Crippen molar-refractivity contribution in [3.63, 3.8) is 0 Å². The van der Waals surface area contributed by atoms with Crippen LogP contribution < -0.4 is 0 Å². The van der Waals surface area contributed by atoms with E-state index in [4.69, 9.17) is 11.6 Å². The van der Waals surface area contributed by atoms with Crippen molar-refractivity contribution in [3.8, 4) is 0 Å². The maximum atomic E-state index is 5.57. The van der Waals surface area contributed by atoms with E-state index in [1.807, 2.05) is 7.05 Å². The highest BCUT2D eigenvalue weighted by molar-refractivity contribution is 6.29. The smallest absolute Gasteiger partial charge is 0.0370 e. The van der Waals surface area contributed by atoms with E-state index in [2.05, 4.69) is 11.0 Å². The number of halogens is 1. The van der Waals surface area contributed by atoms with Gasteiger partial charge >= 0.3 is 0 Å². The Morgan fingerprint density at radius 3 is 2.71 bits per heavy atom. The van der Waals surface area contributed by atoms with E-state index in [1.54, 1.807) is 0 Å². The van der Waals surface area contributed by atoms with Crippen molar-refractivity contribution in [3.05, 3.63) is 11.1 Å². The molecule has 0 amide bonds. The molecule has 0 N–H and O–H groups in total. The molecule has 1 aliphatic heterocycles. The fourth-order valence-corrected chi connectivity index (χ4v) is 0.833. The van der Waals surface area contributed by atoms with Gasteiger partial charge in [0.2, 0.25) is 0 Å². The molecular formula is C5H7ClN. The van der Waals surface area contributed by atoms with Crippen LogP contribution >= 0.6 is 11.6 Å². The van der Waals surface area contributed by atoms with Crippen LogP contribution in [0.5, 0.6) is 0 Å². The molecule has 0 aromatic rings. The third kappa shape index (κ3) is 1.18. The SMILES string of the molecule is CN1C[C]=C(Cl)C1. The fourth-order valence-electron chi connectivity index (χ4n) is 0.570. The van der Waals surface area contributed by atoms with Crippen LogP contribution in [0.3, 0.4) is 0 Å². The third-order valence-electron chi connectivity index (χ3n) is 0.950. The maximum Gasteiger partial charge on any atom is 0.0370 e. The molecule has 0 aromatic heterocycles. The summed E-state index contributed by atoms with van der Waals surface area (Å²) in [4.78, 5) is 2.10. The van der Waals surface area contributed by atoms with Gasteiger partial charge in [-0.2, -0.15) is 0 Å². The predicted molar refractivity (Wildman–Crippen MR) is 30.1 cm³/mol. The van der Waals surface area contributed by atoms with Crippen LogP contribution in [0.4, 0.5) is 0 Å². The minimum absolute atomic E-state index is 0.850. The summed E-state index contributed by atoms with van der Waals surface area (Å²) in [5.74, 6) is 0. The van der Waals surface area contributed by atoms with E-state index in [1.165, 1.54) is 0 Å². The Labute approximate surface area is 48.6 Å². The molecule has 1 nitrogen and oxygen atoms in total. The van der Waals surface area contributed by atoms with Gasteiger partial charge in [0.05, 0.1) is 0 Å². The molecule has 0 spiro atoms. The minimum Gasteiger partial charge on any atom is -0.297 e. The molecule has 0 saturated heterocycles. The Bertz CT molecular complexity index is 98.3. The molecule has 7 heavy (non-hydrogen) atoms. The van der Waals surface area contributed by atoms with Crippen molar-refractivity contribution >= 4 is 11.6 Å². The second-order valence-electron chi connectivity index (χ2n) is 1.75. The van der Waals surface area contributed by atoms with Gasteiger partial charge in [0.15, 0.2) is 0 Å². The molecule has 0 unspecified atom stereocenters. The van der Waals surface area contributed by atoms with Gasteiger partial charge in [-0.15, -0.1) is 0 Å². The lowest BCUT2D eigenvalue weighted by molar-refractivity contribution is 0.430. The first kappa shape index (κ1) is 5.13. The molecule has 0 atom stereocenters. The van der Waals surface area contributed by atoms with E-state index in [-0.39, 0.29) is 0 Å². The van der Waals surface area contributed by atoms with Crippen molar-refractivity contribution in [1.29, 1.82) is 0 Å². The molecule has 1 radical (unpaired) electrons. The van der Waals surface area contributed by atoms with Gasteiger partial charge in [-0.05, 0) is 13.1 Å². The molecule has 2 heteroatoms. The van der Waals surface area contributed by atoms with Crippen LogP contribution in [0.1, 0.15) is 0 Å². The second-order valence-corrected chi connectivity index (χ2v) is 2.21. The largest absolute Gasteiger partial charge is 0.297 e. The van der Waals surface area contributed by atoms with Gasteiger partial charge in [0.25, 0.3) is 0 Å². The Hall–Kier alpha value is -0.0100. The molecule has 1 aliphatic rings. The summed E-state index contributed by atoms with van der Waals surface area (Å²) in [6.45, 7) is 1.76. The molecule has 1 rings (SSSR count). The van der Waals surface area contributed by atoms with Gasteiger partial charge in [0, 0.05) is 18.1 Å². The Morgan fingerprint density at radius 1 is 1.86 bits per heavy atom. The van der Waals surface area contributed by atoms with Crippen LogP contribution in [0.2, 0.25) is 0 Å². The van der Waals surface area contributed by atoms with E-state index in [9.17, 15) is 0 Å². The summed E-state index contributed by atoms with van der Waals surface area (Å²) in [7, 11) is 2.02. The van der Waals surface area contributed by atoms with E-state index in [0.29, 0.717) is 0 Å². The molecular weight excluding hydrogens is 110 g/mol. The predicted octanol–water partition coefficient (Wildman–Crippen LogP) is 0.858. The summed E-state index contributed by atoms with van der Waals surface area (Å²) >= 11 is 5.57. The van der Waals surface area contributed by atoms with Crippen LogP contribution in [0.15, 0.2) is 5.03 Å². The van der Waals surface area contributed by atoms with E-state index in [0.717, 1.165) is 18.1 Å².